The first-order valence-corrected chi connectivity index (χ1v) is 5.62. The van der Waals surface area contributed by atoms with Crippen LogP contribution in [-0.4, -0.2) is 30.4 Å². The number of nitrogens with zero attached hydrogens (tertiary/aromatic N) is 1. The van der Waals surface area contributed by atoms with E-state index in [4.69, 9.17) is 4.74 Å². The average Bonchev–Trinajstić information content (AvgIpc) is 2.30. The number of aryl methyl sites for hydroxylation is 1. The van der Waals surface area contributed by atoms with Gasteiger partial charge < -0.3 is 10.1 Å². The highest BCUT2D eigenvalue weighted by molar-refractivity contribution is 5.12. The zero-order chi connectivity index (χ0) is 11.4. The molecule has 0 spiro atoms. The van der Waals surface area contributed by atoms with Crippen molar-refractivity contribution >= 4 is 0 Å². The van der Waals surface area contributed by atoms with E-state index in [1.54, 1.807) is 0 Å². The van der Waals surface area contributed by atoms with Crippen LogP contribution < -0.4 is 5.32 Å². The lowest BCUT2D eigenvalue weighted by Crippen LogP contribution is -2.44. The van der Waals surface area contributed by atoms with Crippen molar-refractivity contribution < 1.29 is 9.13 Å². The van der Waals surface area contributed by atoms with E-state index in [1.165, 1.54) is 0 Å². The number of aromatic nitrogens is 1. The van der Waals surface area contributed by atoms with E-state index in [9.17, 15) is 4.39 Å². The predicted molar refractivity (Wildman–Crippen MR) is 59.9 cm³/mol. The van der Waals surface area contributed by atoms with Crippen molar-refractivity contribution in [1.29, 1.82) is 0 Å². The molecule has 4 heteroatoms. The van der Waals surface area contributed by atoms with Crippen molar-refractivity contribution in [3.05, 3.63) is 29.6 Å². The van der Waals surface area contributed by atoms with Gasteiger partial charge in [-0.1, -0.05) is 6.07 Å². The highest BCUT2D eigenvalue weighted by atomic mass is 19.1. The summed E-state index contributed by atoms with van der Waals surface area (Å²) in [6.07, 6.45) is 1.50. The molecule has 16 heavy (non-hydrogen) atoms. The van der Waals surface area contributed by atoms with E-state index in [0.29, 0.717) is 26.2 Å². The number of nitrogens with one attached hydrogen (secondary N) is 1. The van der Waals surface area contributed by atoms with Crippen LogP contribution in [0.2, 0.25) is 0 Å². The number of pyridine rings is 1. The fraction of sp³-hybridized carbons (Fsp3) is 0.583. The first kappa shape index (κ1) is 11.5. The van der Waals surface area contributed by atoms with Gasteiger partial charge in [-0.2, -0.15) is 0 Å². The van der Waals surface area contributed by atoms with Crippen molar-refractivity contribution in [2.24, 2.45) is 0 Å². The van der Waals surface area contributed by atoms with Crippen LogP contribution in [0.1, 0.15) is 17.7 Å². The smallest absolute Gasteiger partial charge is 0.120 e. The summed E-state index contributed by atoms with van der Waals surface area (Å²) in [4.78, 5) is 4.26. The molecule has 1 aromatic heterocycles. The summed E-state index contributed by atoms with van der Waals surface area (Å²) >= 11 is 0. The van der Waals surface area contributed by atoms with Gasteiger partial charge in [0.25, 0.3) is 0 Å². The van der Waals surface area contributed by atoms with Crippen LogP contribution in [0.25, 0.3) is 0 Å². The van der Waals surface area contributed by atoms with Crippen molar-refractivity contribution in [3.63, 3.8) is 0 Å². The Bertz CT molecular complexity index is 328. The molecule has 2 atom stereocenters. The Hall–Kier alpha value is -1.00. The molecule has 1 saturated heterocycles. The Labute approximate surface area is 95.0 Å². The summed E-state index contributed by atoms with van der Waals surface area (Å²) in [7, 11) is 0. The fourth-order valence-electron chi connectivity index (χ4n) is 1.74. The predicted octanol–water partition coefficient (Wildman–Crippen LogP) is 1.61. The lowest BCUT2D eigenvalue weighted by molar-refractivity contribution is 0.0206. The first-order chi connectivity index (χ1) is 7.75. The normalized spacial score (nSPS) is 25.6. The van der Waals surface area contributed by atoms with Crippen LogP contribution in [0, 0.1) is 6.92 Å². The molecule has 0 radical (unpaired) electrons. The topological polar surface area (TPSA) is 34.1 Å². The van der Waals surface area contributed by atoms with Gasteiger partial charge in [-0.05, 0) is 18.6 Å². The van der Waals surface area contributed by atoms with Crippen molar-refractivity contribution in [3.8, 4) is 0 Å². The van der Waals surface area contributed by atoms with Crippen molar-refractivity contribution in [1.82, 2.24) is 10.3 Å². The molecule has 0 aliphatic carbocycles. The summed E-state index contributed by atoms with van der Waals surface area (Å²) in [5.41, 5.74) is 2.07. The quantitative estimate of drug-likeness (QED) is 0.847. The van der Waals surface area contributed by atoms with Crippen LogP contribution in [0.3, 0.4) is 0 Å². The third-order valence-corrected chi connectivity index (χ3v) is 2.79. The summed E-state index contributed by atoms with van der Waals surface area (Å²) in [6, 6.07) is 3.77. The maximum atomic E-state index is 13.5. The minimum absolute atomic E-state index is 0.197. The molecule has 0 saturated carbocycles. The highest BCUT2D eigenvalue weighted by Gasteiger charge is 2.24. The average molecular weight is 224 g/mol. The molecule has 0 bridgehead atoms. The highest BCUT2D eigenvalue weighted by Crippen LogP contribution is 2.11. The van der Waals surface area contributed by atoms with Gasteiger partial charge in [0.2, 0.25) is 0 Å². The van der Waals surface area contributed by atoms with Crippen LogP contribution in [0.5, 0.6) is 0 Å². The molecular weight excluding hydrogens is 207 g/mol. The molecule has 1 aliphatic heterocycles. The molecule has 3 nitrogen and oxygen atoms in total. The Morgan fingerprint density at radius 3 is 3.12 bits per heavy atom. The molecule has 88 valence electrons. The van der Waals surface area contributed by atoms with Crippen molar-refractivity contribution in [2.75, 3.05) is 13.2 Å². The Morgan fingerprint density at radius 1 is 1.56 bits per heavy atom. The third-order valence-electron chi connectivity index (χ3n) is 2.79. The van der Waals surface area contributed by atoms with E-state index in [0.717, 1.165) is 11.3 Å². The number of hydrogen-bond donors (Lipinski definition) is 1. The zero-order valence-corrected chi connectivity index (χ0v) is 9.45. The lowest BCUT2D eigenvalue weighted by Gasteiger charge is -2.26. The van der Waals surface area contributed by atoms with E-state index in [-0.39, 0.29) is 6.04 Å². The van der Waals surface area contributed by atoms with Gasteiger partial charge in [0.1, 0.15) is 6.17 Å². The lowest BCUT2D eigenvalue weighted by atomic mass is 10.1. The van der Waals surface area contributed by atoms with E-state index < -0.39 is 6.17 Å². The van der Waals surface area contributed by atoms with E-state index in [1.807, 2.05) is 25.3 Å². The fourth-order valence-corrected chi connectivity index (χ4v) is 1.74. The van der Waals surface area contributed by atoms with Crippen LogP contribution in [0.4, 0.5) is 4.39 Å². The minimum atomic E-state index is -0.806. The molecule has 0 unspecified atom stereocenters. The van der Waals surface area contributed by atoms with Crippen LogP contribution in [0.15, 0.2) is 18.3 Å². The first-order valence-electron chi connectivity index (χ1n) is 5.62. The Balaban J connectivity index is 1.84. The minimum Gasteiger partial charge on any atom is -0.380 e. The second kappa shape index (κ2) is 5.37. The van der Waals surface area contributed by atoms with Crippen LogP contribution >= 0.6 is 0 Å². The molecule has 2 rings (SSSR count). The standard InChI is InChI=1S/C12H17FN2O/c1-9-2-3-10(14-6-9)7-15-12-8-16-5-4-11(12)13/h2-3,6,11-12,15H,4-5,7-8H2,1H3/t11-,12-/m1/s1. The second-order valence-corrected chi connectivity index (χ2v) is 4.19. The number of hydrogen-bond acceptors (Lipinski definition) is 3. The molecule has 0 aromatic carbocycles. The number of rotatable bonds is 3. The zero-order valence-electron chi connectivity index (χ0n) is 9.45. The van der Waals surface area contributed by atoms with E-state index in [2.05, 4.69) is 10.3 Å². The largest absolute Gasteiger partial charge is 0.380 e. The van der Waals surface area contributed by atoms with Crippen molar-refractivity contribution in [2.45, 2.75) is 32.1 Å². The summed E-state index contributed by atoms with van der Waals surface area (Å²) < 4.78 is 18.7. The second-order valence-electron chi connectivity index (χ2n) is 4.19. The molecule has 1 N–H and O–H groups in total. The number of alkyl halides is 1. The third kappa shape index (κ3) is 3.00. The summed E-state index contributed by atoms with van der Waals surface area (Å²) in [6.45, 7) is 3.57. The molecule has 0 amide bonds. The summed E-state index contributed by atoms with van der Waals surface area (Å²) in [5, 5.41) is 3.14. The molecule has 1 aliphatic rings. The van der Waals surface area contributed by atoms with Gasteiger partial charge in [0.05, 0.1) is 18.3 Å². The van der Waals surface area contributed by atoms with Gasteiger partial charge in [-0.25, -0.2) is 4.39 Å². The van der Waals surface area contributed by atoms with Gasteiger partial charge >= 0.3 is 0 Å². The molecule has 1 aromatic rings. The van der Waals surface area contributed by atoms with Gasteiger partial charge in [-0.3, -0.25) is 4.98 Å². The van der Waals surface area contributed by atoms with Gasteiger partial charge in [-0.15, -0.1) is 0 Å². The maximum Gasteiger partial charge on any atom is 0.120 e. The number of ether oxygens (including phenoxy) is 1. The van der Waals surface area contributed by atoms with Gasteiger partial charge in [0.15, 0.2) is 0 Å². The number of halogens is 1. The molecule has 2 heterocycles. The van der Waals surface area contributed by atoms with Crippen LogP contribution in [-0.2, 0) is 11.3 Å². The molecule has 1 fully saturated rings. The Morgan fingerprint density at radius 2 is 2.44 bits per heavy atom. The summed E-state index contributed by atoms with van der Waals surface area (Å²) in [5.74, 6) is 0. The monoisotopic (exact) mass is 224 g/mol. The van der Waals surface area contributed by atoms with E-state index >= 15 is 0 Å². The SMILES string of the molecule is Cc1ccc(CN[C@@H]2COCC[C@H]2F)nc1. The van der Waals surface area contributed by atoms with Gasteiger partial charge in [0, 0.05) is 25.8 Å². The Kier molecular flexibility index (Phi) is 3.85. The molecular formula is C12H17FN2O. The maximum absolute atomic E-state index is 13.5.